The zero-order valence-corrected chi connectivity index (χ0v) is 13.6. The van der Waals surface area contributed by atoms with Gasteiger partial charge in [0.1, 0.15) is 4.99 Å². The highest BCUT2D eigenvalue weighted by Gasteiger charge is 2.18. The average Bonchev–Trinajstić information content (AvgIpc) is 2.40. The Morgan fingerprint density at radius 2 is 2.10 bits per heavy atom. The number of thiocarbonyl (C=S) groups is 1. The van der Waals surface area contributed by atoms with Gasteiger partial charge in [0, 0.05) is 12.2 Å². The van der Waals surface area contributed by atoms with Crippen molar-refractivity contribution in [1.29, 1.82) is 0 Å². The number of benzene rings is 1. The lowest BCUT2D eigenvalue weighted by atomic mass is 9.83. The largest absolute Gasteiger partial charge is 0.389 e. The van der Waals surface area contributed by atoms with Crippen LogP contribution in [0.4, 0.5) is 0 Å². The fourth-order valence-electron chi connectivity index (χ4n) is 2.26. The van der Waals surface area contributed by atoms with E-state index in [2.05, 4.69) is 0 Å². The summed E-state index contributed by atoms with van der Waals surface area (Å²) >= 11 is 4.87. The third kappa shape index (κ3) is 4.76. The lowest BCUT2D eigenvalue weighted by Crippen LogP contribution is -2.17. The molecular formula is C15H21NO3S2. The zero-order chi connectivity index (χ0) is 15.3. The smallest absolute Gasteiger partial charge is 0.180 e. The normalized spacial score (nSPS) is 15.6. The van der Waals surface area contributed by atoms with Crippen LogP contribution < -0.4 is 5.73 Å². The molecule has 2 rings (SSSR count). The van der Waals surface area contributed by atoms with Crippen molar-refractivity contribution in [3.05, 3.63) is 29.8 Å². The molecule has 0 bridgehead atoms. The summed E-state index contributed by atoms with van der Waals surface area (Å²) < 4.78 is 29.9. The molecule has 1 aliphatic rings. The molecule has 0 radical (unpaired) electrons. The van der Waals surface area contributed by atoms with Crippen LogP contribution in [0.3, 0.4) is 0 Å². The van der Waals surface area contributed by atoms with Crippen molar-refractivity contribution in [2.75, 3.05) is 19.0 Å². The molecule has 1 saturated carbocycles. The maximum Gasteiger partial charge on any atom is 0.180 e. The lowest BCUT2D eigenvalue weighted by Gasteiger charge is -2.24. The van der Waals surface area contributed by atoms with Gasteiger partial charge in [-0.3, -0.25) is 0 Å². The Labute approximate surface area is 131 Å². The second-order valence-electron chi connectivity index (χ2n) is 5.41. The highest BCUT2D eigenvalue weighted by Crippen LogP contribution is 2.29. The number of rotatable bonds is 8. The number of ether oxygens (including phenoxy) is 1. The molecule has 1 aromatic carbocycles. The van der Waals surface area contributed by atoms with Crippen LogP contribution >= 0.6 is 12.2 Å². The van der Waals surface area contributed by atoms with E-state index in [-0.39, 0.29) is 22.2 Å². The van der Waals surface area contributed by atoms with Crippen molar-refractivity contribution in [2.24, 2.45) is 11.7 Å². The standard InChI is InChI=1S/C15H21NO3S2/c16-15(20)13-5-2-6-14(11-13)21(17,18)10-9-19-8-7-12-3-1-4-12/h2,5-6,11-12H,1,3-4,7-10H2,(H2,16,20). The van der Waals surface area contributed by atoms with Gasteiger partial charge < -0.3 is 10.5 Å². The van der Waals surface area contributed by atoms with E-state index >= 15 is 0 Å². The van der Waals surface area contributed by atoms with Crippen LogP contribution in [-0.2, 0) is 14.6 Å². The van der Waals surface area contributed by atoms with E-state index in [4.69, 9.17) is 22.7 Å². The molecule has 1 aliphatic carbocycles. The van der Waals surface area contributed by atoms with Gasteiger partial charge in [-0.15, -0.1) is 0 Å². The first-order valence-electron chi connectivity index (χ1n) is 7.19. The second-order valence-corrected chi connectivity index (χ2v) is 7.96. The van der Waals surface area contributed by atoms with Crippen molar-refractivity contribution >= 4 is 27.0 Å². The number of hydrogen-bond donors (Lipinski definition) is 1. The van der Waals surface area contributed by atoms with Crippen LogP contribution in [-0.4, -0.2) is 32.4 Å². The molecule has 2 N–H and O–H groups in total. The molecule has 0 atom stereocenters. The summed E-state index contributed by atoms with van der Waals surface area (Å²) in [5, 5.41) is 0. The minimum Gasteiger partial charge on any atom is -0.389 e. The number of nitrogens with two attached hydrogens (primary N) is 1. The molecule has 6 heteroatoms. The highest BCUT2D eigenvalue weighted by molar-refractivity contribution is 7.91. The molecule has 0 amide bonds. The van der Waals surface area contributed by atoms with Crippen molar-refractivity contribution < 1.29 is 13.2 Å². The Bertz CT molecular complexity index is 595. The molecule has 1 fully saturated rings. The molecular weight excluding hydrogens is 306 g/mol. The second kappa shape index (κ2) is 7.33. The molecule has 0 spiro atoms. The fourth-order valence-corrected chi connectivity index (χ4v) is 3.56. The molecule has 116 valence electrons. The lowest BCUT2D eigenvalue weighted by molar-refractivity contribution is 0.118. The Hall–Kier alpha value is -0.980. The third-order valence-corrected chi connectivity index (χ3v) is 5.78. The summed E-state index contributed by atoms with van der Waals surface area (Å²) in [6.45, 7) is 0.874. The zero-order valence-electron chi connectivity index (χ0n) is 12.0. The summed E-state index contributed by atoms with van der Waals surface area (Å²) in [7, 11) is -3.35. The first-order valence-corrected chi connectivity index (χ1v) is 9.25. The van der Waals surface area contributed by atoms with Gasteiger partial charge in [0.2, 0.25) is 0 Å². The molecule has 0 saturated heterocycles. The quantitative estimate of drug-likeness (QED) is 0.586. The summed E-state index contributed by atoms with van der Waals surface area (Å²) in [6.07, 6.45) is 4.93. The first-order chi connectivity index (χ1) is 9.99. The maximum atomic E-state index is 12.2. The molecule has 1 aromatic rings. The predicted octanol–water partition coefficient (Wildman–Crippen LogP) is 2.30. The first kappa shape index (κ1) is 16.4. The van der Waals surface area contributed by atoms with Crippen LogP contribution in [0, 0.1) is 5.92 Å². The van der Waals surface area contributed by atoms with Gasteiger partial charge >= 0.3 is 0 Å². The van der Waals surface area contributed by atoms with Crippen molar-refractivity contribution in [2.45, 2.75) is 30.6 Å². The Balaban J connectivity index is 1.83. The van der Waals surface area contributed by atoms with Gasteiger partial charge in [-0.2, -0.15) is 0 Å². The van der Waals surface area contributed by atoms with E-state index in [0.29, 0.717) is 12.2 Å². The molecule has 0 aliphatic heterocycles. The average molecular weight is 327 g/mol. The summed E-state index contributed by atoms with van der Waals surface area (Å²) in [5.41, 5.74) is 6.09. The van der Waals surface area contributed by atoms with Gasteiger partial charge in [-0.25, -0.2) is 8.42 Å². The monoisotopic (exact) mass is 327 g/mol. The van der Waals surface area contributed by atoms with Gasteiger partial charge in [-0.05, 0) is 24.5 Å². The van der Waals surface area contributed by atoms with Crippen LogP contribution in [0.5, 0.6) is 0 Å². The van der Waals surface area contributed by atoms with Crippen LogP contribution in [0.25, 0.3) is 0 Å². The van der Waals surface area contributed by atoms with E-state index in [9.17, 15) is 8.42 Å². The molecule has 0 aromatic heterocycles. The minimum absolute atomic E-state index is 0.0154. The summed E-state index contributed by atoms with van der Waals surface area (Å²) in [5.74, 6) is 0.766. The van der Waals surface area contributed by atoms with E-state index in [1.54, 1.807) is 18.2 Å². The van der Waals surface area contributed by atoms with Crippen molar-refractivity contribution in [3.8, 4) is 0 Å². The molecule has 4 nitrogen and oxygen atoms in total. The van der Waals surface area contributed by atoms with Crippen molar-refractivity contribution in [3.63, 3.8) is 0 Å². The molecule has 0 unspecified atom stereocenters. The van der Waals surface area contributed by atoms with E-state index in [1.807, 2.05) is 0 Å². The Morgan fingerprint density at radius 1 is 1.33 bits per heavy atom. The van der Waals surface area contributed by atoms with Gasteiger partial charge in [0.15, 0.2) is 9.84 Å². The van der Waals surface area contributed by atoms with Crippen LogP contribution in [0.1, 0.15) is 31.2 Å². The number of hydrogen-bond acceptors (Lipinski definition) is 4. The topological polar surface area (TPSA) is 69.4 Å². The molecule has 0 heterocycles. The van der Waals surface area contributed by atoms with Crippen molar-refractivity contribution in [1.82, 2.24) is 0 Å². The summed E-state index contributed by atoms with van der Waals surface area (Å²) in [4.78, 5) is 0.444. The van der Waals surface area contributed by atoms with Gasteiger partial charge in [0.05, 0.1) is 17.3 Å². The van der Waals surface area contributed by atoms with Crippen LogP contribution in [0.2, 0.25) is 0 Å². The van der Waals surface area contributed by atoms with E-state index in [0.717, 1.165) is 12.3 Å². The van der Waals surface area contributed by atoms with Gasteiger partial charge in [-0.1, -0.05) is 43.6 Å². The third-order valence-electron chi connectivity index (χ3n) is 3.87. The van der Waals surface area contributed by atoms with Crippen LogP contribution in [0.15, 0.2) is 29.2 Å². The van der Waals surface area contributed by atoms with E-state index < -0.39 is 9.84 Å². The SMILES string of the molecule is NC(=S)c1cccc(S(=O)(=O)CCOCCC2CCC2)c1. The minimum atomic E-state index is -3.35. The highest BCUT2D eigenvalue weighted by atomic mass is 32.2. The van der Waals surface area contributed by atoms with Gasteiger partial charge in [0.25, 0.3) is 0 Å². The van der Waals surface area contributed by atoms with E-state index in [1.165, 1.54) is 25.3 Å². The Morgan fingerprint density at radius 3 is 2.71 bits per heavy atom. The summed E-state index contributed by atoms with van der Waals surface area (Å²) in [6, 6.07) is 6.44. The maximum absolute atomic E-state index is 12.2. The predicted molar refractivity (Wildman–Crippen MR) is 87.2 cm³/mol. The fraction of sp³-hybridized carbons (Fsp3) is 0.533. The molecule has 21 heavy (non-hydrogen) atoms. The Kier molecular flexibility index (Phi) is 5.72. The number of sulfone groups is 1.